The fraction of sp³-hybridized carbons (Fsp3) is 0.316. The molecule has 2 rings (SSSR count). The maximum Gasteiger partial charge on any atom is 0.243 e. The zero-order chi connectivity index (χ0) is 18.2. The van der Waals surface area contributed by atoms with Crippen LogP contribution in [-0.2, 0) is 4.79 Å². The van der Waals surface area contributed by atoms with E-state index in [1.807, 2.05) is 38.1 Å². The van der Waals surface area contributed by atoms with Gasteiger partial charge in [-0.15, -0.1) is 0 Å². The van der Waals surface area contributed by atoms with Crippen LogP contribution in [0.2, 0.25) is 0 Å². The van der Waals surface area contributed by atoms with Crippen molar-refractivity contribution >= 4 is 17.3 Å². The Kier molecular flexibility index (Phi) is 6.51. The van der Waals surface area contributed by atoms with E-state index in [-0.39, 0.29) is 18.6 Å². The second kappa shape index (κ2) is 8.82. The van der Waals surface area contributed by atoms with Gasteiger partial charge in [0, 0.05) is 17.8 Å². The molecule has 0 atom stereocenters. The zero-order valence-electron chi connectivity index (χ0n) is 15.0. The SMILES string of the molecule is COc1ccc(OC)c(NC(=O)CNc2cccc(OC(C)C)c2)c1. The summed E-state index contributed by atoms with van der Waals surface area (Å²) >= 11 is 0. The van der Waals surface area contributed by atoms with Gasteiger partial charge in [0.2, 0.25) is 5.91 Å². The average molecular weight is 344 g/mol. The molecule has 0 bridgehead atoms. The van der Waals surface area contributed by atoms with E-state index >= 15 is 0 Å². The van der Waals surface area contributed by atoms with Crippen molar-refractivity contribution < 1.29 is 19.0 Å². The van der Waals surface area contributed by atoms with Gasteiger partial charge in [0.1, 0.15) is 17.2 Å². The number of carbonyl (C=O) groups is 1. The molecule has 0 aliphatic heterocycles. The standard InChI is InChI=1S/C19H24N2O4/c1-13(2)25-16-7-5-6-14(10-16)20-12-19(22)21-17-11-15(23-3)8-9-18(17)24-4/h5-11,13,20H,12H2,1-4H3,(H,21,22). The molecule has 0 fully saturated rings. The molecule has 0 saturated heterocycles. The van der Waals surface area contributed by atoms with E-state index in [4.69, 9.17) is 14.2 Å². The number of amides is 1. The quantitative estimate of drug-likeness (QED) is 0.766. The highest BCUT2D eigenvalue weighted by molar-refractivity contribution is 5.95. The minimum atomic E-state index is -0.193. The minimum absolute atomic E-state index is 0.0964. The molecular weight excluding hydrogens is 320 g/mol. The summed E-state index contributed by atoms with van der Waals surface area (Å²) in [5, 5.41) is 5.90. The first-order valence-corrected chi connectivity index (χ1v) is 8.04. The first-order chi connectivity index (χ1) is 12.0. The topological polar surface area (TPSA) is 68.8 Å². The minimum Gasteiger partial charge on any atom is -0.497 e. The fourth-order valence-electron chi connectivity index (χ4n) is 2.24. The van der Waals surface area contributed by atoms with Crippen LogP contribution in [0.25, 0.3) is 0 Å². The van der Waals surface area contributed by atoms with Crippen molar-refractivity contribution in [1.82, 2.24) is 0 Å². The summed E-state index contributed by atoms with van der Waals surface area (Å²) in [6.45, 7) is 4.05. The average Bonchev–Trinajstić information content (AvgIpc) is 2.59. The van der Waals surface area contributed by atoms with E-state index in [0.29, 0.717) is 17.2 Å². The Morgan fingerprint density at radius 2 is 1.84 bits per heavy atom. The summed E-state index contributed by atoms with van der Waals surface area (Å²) in [4.78, 5) is 12.2. The molecule has 0 aliphatic carbocycles. The van der Waals surface area contributed by atoms with Gasteiger partial charge in [0.25, 0.3) is 0 Å². The number of rotatable bonds is 8. The summed E-state index contributed by atoms with van der Waals surface area (Å²) in [5.41, 5.74) is 1.37. The molecule has 0 saturated carbocycles. The Morgan fingerprint density at radius 3 is 2.52 bits per heavy atom. The molecule has 134 valence electrons. The molecule has 2 aromatic carbocycles. The second-order valence-corrected chi connectivity index (χ2v) is 5.66. The van der Waals surface area contributed by atoms with Crippen molar-refractivity contribution in [3.8, 4) is 17.2 Å². The summed E-state index contributed by atoms with van der Waals surface area (Å²) in [5.74, 6) is 1.78. The van der Waals surface area contributed by atoms with Gasteiger partial charge < -0.3 is 24.8 Å². The van der Waals surface area contributed by atoms with Crippen LogP contribution in [-0.4, -0.2) is 32.8 Å². The third-order valence-electron chi connectivity index (χ3n) is 3.34. The Hall–Kier alpha value is -2.89. The lowest BCUT2D eigenvalue weighted by atomic mass is 10.2. The fourth-order valence-corrected chi connectivity index (χ4v) is 2.24. The molecule has 2 N–H and O–H groups in total. The molecule has 6 heteroatoms. The first-order valence-electron chi connectivity index (χ1n) is 8.04. The normalized spacial score (nSPS) is 10.3. The van der Waals surface area contributed by atoms with Crippen LogP contribution >= 0.6 is 0 Å². The number of hydrogen-bond donors (Lipinski definition) is 2. The lowest BCUT2D eigenvalue weighted by molar-refractivity contribution is -0.114. The molecule has 2 aromatic rings. The van der Waals surface area contributed by atoms with Crippen molar-refractivity contribution in [2.75, 3.05) is 31.4 Å². The number of ether oxygens (including phenoxy) is 3. The molecule has 25 heavy (non-hydrogen) atoms. The van der Waals surface area contributed by atoms with E-state index < -0.39 is 0 Å². The number of nitrogens with one attached hydrogen (secondary N) is 2. The summed E-state index contributed by atoms with van der Waals surface area (Å²) in [7, 11) is 3.12. The first kappa shape index (κ1) is 18.4. The van der Waals surface area contributed by atoms with Gasteiger partial charge >= 0.3 is 0 Å². The van der Waals surface area contributed by atoms with E-state index in [1.54, 1.807) is 32.4 Å². The van der Waals surface area contributed by atoms with E-state index in [9.17, 15) is 4.79 Å². The molecule has 6 nitrogen and oxygen atoms in total. The number of methoxy groups -OCH3 is 2. The highest BCUT2D eigenvalue weighted by Crippen LogP contribution is 2.28. The van der Waals surface area contributed by atoms with Gasteiger partial charge in [0.05, 0.1) is 32.6 Å². The lowest BCUT2D eigenvalue weighted by Gasteiger charge is -2.13. The van der Waals surface area contributed by atoms with Gasteiger partial charge in [-0.05, 0) is 38.1 Å². The van der Waals surface area contributed by atoms with E-state index in [0.717, 1.165) is 11.4 Å². The molecule has 1 amide bonds. The van der Waals surface area contributed by atoms with E-state index in [1.165, 1.54) is 0 Å². The predicted octanol–water partition coefficient (Wildman–Crippen LogP) is 3.54. The van der Waals surface area contributed by atoms with Crippen LogP contribution in [0.4, 0.5) is 11.4 Å². The van der Waals surface area contributed by atoms with Gasteiger partial charge in [-0.25, -0.2) is 0 Å². The smallest absolute Gasteiger partial charge is 0.243 e. The summed E-state index contributed by atoms with van der Waals surface area (Å²) in [6.07, 6.45) is 0.0964. The maximum atomic E-state index is 12.2. The third kappa shape index (κ3) is 5.60. The van der Waals surface area contributed by atoms with Crippen molar-refractivity contribution in [1.29, 1.82) is 0 Å². The number of benzene rings is 2. The second-order valence-electron chi connectivity index (χ2n) is 5.66. The highest BCUT2D eigenvalue weighted by atomic mass is 16.5. The Bertz CT molecular complexity index is 716. The van der Waals surface area contributed by atoms with Crippen molar-refractivity contribution in [2.45, 2.75) is 20.0 Å². The lowest BCUT2D eigenvalue weighted by Crippen LogP contribution is -2.22. The van der Waals surface area contributed by atoms with Crippen LogP contribution < -0.4 is 24.8 Å². The van der Waals surface area contributed by atoms with Crippen LogP contribution in [0.3, 0.4) is 0 Å². The monoisotopic (exact) mass is 344 g/mol. The van der Waals surface area contributed by atoms with Crippen molar-refractivity contribution in [3.05, 3.63) is 42.5 Å². The van der Waals surface area contributed by atoms with Crippen LogP contribution in [0.1, 0.15) is 13.8 Å². The Balaban J connectivity index is 1.97. The largest absolute Gasteiger partial charge is 0.497 e. The molecule has 0 aromatic heterocycles. The number of hydrogen-bond acceptors (Lipinski definition) is 5. The molecule has 0 heterocycles. The maximum absolute atomic E-state index is 12.2. The Labute approximate surface area is 148 Å². The molecule has 0 radical (unpaired) electrons. The van der Waals surface area contributed by atoms with Gasteiger partial charge in [0.15, 0.2) is 0 Å². The van der Waals surface area contributed by atoms with E-state index in [2.05, 4.69) is 10.6 Å². The van der Waals surface area contributed by atoms with Crippen LogP contribution in [0, 0.1) is 0 Å². The Morgan fingerprint density at radius 1 is 1.04 bits per heavy atom. The van der Waals surface area contributed by atoms with Gasteiger partial charge in [-0.2, -0.15) is 0 Å². The number of anilines is 2. The zero-order valence-corrected chi connectivity index (χ0v) is 15.0. The molecule has 0 unspecified atom stereocenters. The van der Waals surface area contributed by atoms with Crippen molar-refractivity contribution in [2.24, 2.45) is 0 Å². The number of carbonyl (C=O) groups excluding carboxylic acids is 1. The predicted molar refractivity (Wildman–Crippen MR) is 98.9 cm³/mol. The molecule has 0 aliphatic rings. The highest BCUT2D eigenvalue weighted by Gasteiger charge is 2.09. The van der Waals surface area contributed by atoms with Crippen LogP contribution in [0.15, 0.2) is 42.5 Å². The molecule has 0 spiro atoms. The van der Waals surface area contributed by atoms with Gasteiger partial charge in [-0.3, -0.25) is 4.79 Å². The van der Waals surface area contributed by atoms with Crippen molar-refractivity contribution in [3.63, 3.8) is 0 Å². The summed E-state index contributed by atoms with van der Waals surface area (Å²) in [6, 6.07) is 12.7. The van der Waals surface area contributed by atoms with Gasteiger partial charge in [-0.1, -0.05) is 6.07 Å². The third-order valence-corrected chi connectivity index (χ3v) is 3.34. The summed E-state index contributed by atoms with van der Waals surface area (Å²) < 4.78 is 16.1. The molecular formula is C19H24N2O4. The van der Waals surface area contributed by atoms with Crippen LogP contribution in [0.5, 0.6) is 17.2 Å².